The summed E-state index contributed by atoms with van der Waals surface area (Å²) in [7, 11) is -3.52. The Labute approximate surface area is 133 Å². The second-order valence-electron chi connectivity index (χ2n) is 6.03. The van der Waals surface area contributed by atoms with Gasteiger partial charge in [0.25, 0.3) is 0 Å². The molecule has 1 heterocycles. The van der Waals surface area contributed by atoms with Gasteiger partial charge in [0.1, 0.15) is 11.9 Å². The molecule has 7 heteroatoms. The summed E-state index contributed by atoms with van der Waals surface area (Å²) in [4.78, 5) is 0.0144. The summed E-state index contributed by atoms with van der Waals surface area (Å²) in [6.07, 6.45) is 3.33. The summed E-state index contributed by atoms with van der Waals surface area (Å²) in [6.45, 7) is 2.03. The Bertz CT molecular complexity index is 824. The number of aromatic nitrogens is 1. The van der Waals surface area contributed by atoms with Crippen LogP contribution in [0.2, 0.25) is 5.02 Å². The molecule has 0 amide bonds. The molecule has 118 valence electrons. The van der Waals surface area contributed by atoms with Gasteiger partial charge in [0.15, 0.2) is 9.84 Å². The Hall–Kier alpha value is -1.37. The van der Waals surface area contributed by atoms with Crippen molar-refractivity contribution in [2.45, 2.75) is 36.2 Å². The first-order chi connectivity index (χ1) is 10.2. The van der Waals surface area contributed by atoms with Crippen LogP contribution in [0.3, 0.4) is 0 Å². The van der Waals surface area contributed by atoms with Crippen LogP contribution >= 0.6 is 11.6 Å². The van der Waals surface area contributed by atoms with Gasteiger partial charge >= 0.3 is 0 Å². The smallest absolute Gasteiger partial charge is 0.175 e. The van der Waals surface area contributed by atoms with E-state index in [1.807, 2.05) is 6.92 Å². The van der Waals surface area contributed by atoms with Crippen LogP contribution in [0.5, 0.6) is 0 Å². The van der Waals surface area contributed by atoms with Crippen molar-refractivity contribution in [3.05, 3.63) is 46.3 Å². The fraction of sp³-hybridized carbons (Fsp3) is 0.400. The number of halogens is 1. The maximum Gasteiger partial charge on any atom is 0.175 e. The molecule has 1 fully saturated rings. The topological polar surface area (TPSA) is 80.4 Å². The van der Waals surface area contributed by atoms with Crippen LogP contribution in [0.15, 0.2) is 33.8 Å². The van der Waals surface area contributed by atoms with Crippen LogP contribution in [-0.4, -0.2) is 24.9 Å². The molecule has 0 saturated heterocycles. The second-order valence-corrected chi connectivity index (χ2v) is 8.45. The Morgan fingerprint density at radius 3 is 2.64 bits per heavy atom. The molecule has 1 aromatic carbocycles. The molecule has 0 aliphatic heterocycles. The van der Waals surface area contributed by atoms with E-state index >= 15 is 0 Å². The number of benzene rings is 1. The quantitative estimate of drug-likeness (QED) is 0.924. The number of hydrogen-bond donors (Lipinski definition) is 1. The second kappa shape index (κ2) is 5.08. The van der Waals surface area contributed by atoms with Gasteiger partial charge in [-0.2, -0.15) is 0 Å². The monoisotopic (exact) mass is 341 g/mol. The van der Waals surface area contributed by atoms with Crippen molar-refractivity contribution in [2.24, 2.45) is 0 Å². The molecule has 0 radical (unpaired) electrons. The highest BCUT2D eigenvalue weighted by atomic mass is 35.5. The zero-order valence-corrected chi connectivity index (χ0v) is 13.8. The van der Waals surface area contributed by atoms with Crippen molar-refractivity contribution in [1.29, 1.82) is 0 Å². The number of aliphatic hydroxyl groups is 1. The molecule has 2 aromatic rings. The van der Waals surface area contributed by atoms with E-state index in [1.165, 1.54) is 18.3 Å². The van der Waals surface area contributed by atoms with Gasteiger partial charge in [0.2, 0.25) is 0 Å². The van der Waals surface area contributed by atoms with Gasteiger partial charge in [-0.15, -0.1) is 0 Å². The summed E-state index contributed by atoms with van der Waals surface area (Å²) in [5, 5.41) is 14.8. The van der Waals surface area contributed by atoms with Crippen LogP contribution in [-0.2, 0) is 15.3 Å². The van der Waals surface area contributed by atoms with Gasteiger partial charge in [-0.3, -0.25) is 0 Å². The Balaban J connectivity index is 2.11. The molecule has 1 aromatic heterocycles. The molecule has 3 rings (SSSR count). The maximum absolute atomic E-state index is 12.0. The van der Waals surface area contributed by atoms with Gasteiger partial charge < -0.3 is 9.63 Å². The van der Waals surface area contributed by atoms with E-state index in [4.69, 9.17) is 16.1 Å². The molecule has 1 aliphatic carbocycles. The third-order valence-corrected chi connectivity index (χ3v) is 5.50. The van der Waals surface area contributed by atoms with E-state index < -0.39 is 15.9 Å². The predicted molar refractivity (Wildman–Crippen MR) is 81.7 cm³/mol. The van der Waals surface area contributed by atoms with Crippen molar-refractivity contribution in [1.82, 2.24) is 5.16 Å². The van der Waals surface area contributed by atoms with Crippen LogP contribution in [0, 0.1) is 0 Å². The standard InChI is InChI=1S/C15H16ClNO4S/c1-15(5-6-15)14-11(8-17-21-14)13(18)10-4-3-9(16)7-12(10)22(2,19)20/h3-4,7-8,13,18H,5-6H2,1-2H3. The molecule has 1 aliphatic rings. The highest BCUT2D eigenvalue weighted by Crippen LogP contribution is 2.50. The van der Waals surface area contributed by atoms with Gasteiger partial charge in [-0.25, -0.2) is 8.42 Å². The molecule has 5 nitrogen and oxygen atoms in total. The average Bonchev–Trinajstić information content (AvgIpc) is 3.00. The first-order valence-corrected chi connectivity index (χ1v) is 9.12. The predicted octanol–water partition coefficient (Wildman–Crippen LogP) is 2.86. The van der Waals surface area contributed by atoms with Gasteiger partial charge in [0.05, 0.1) is 11.1 Å². The number of nitrogens with zero attached hydrogens (tertiary/aromatic N) is 1. The lowest BCUT2D eigenvalue weighted by Gasteiger charge is -2.16. The SMILES string of the molecule is CC1(c2oncc2C(O)c2ccc(Cl)cc2S(C)(=O)=O)CC1. The lowest BCUT2D eigenvalue weighted by Crippen LogP contribution is -2.11. The summed E-state index contributed by atoms with van der Waals surface area (Å²) in [5.74, 6) is 0.620. The average molecular weight is 342 g/mol. The summed E-state index contributed by atoms with van der Waals surface area (Å²) in [5.41, 5.74) is 0.664. The fourth-order valence-corrected chi connectivity index (χ4v) is 3.72. The third kappa shape index (κ3) is 2.66. The molecule has 1 N–H and O–H groups in total. The Morgan fingerprint density at radius 1 is 1.36 bits per heavy atom. The highest BCUT2D eigenvalue weighted by Gasteiger charge is 2.45. The minimum absolute atomic E-state index is 0.0144. The van der Waals surface area contributed by atoms with E-state index in [9.17, 15) is 13.5 Å². The van der Waals surface area contributed by atoms with Crippen molar-refractivity contribution in [2.75, 3.05) is 6.26 Å². The zero-order chi connectivity index (χ0) is 16.1. The fourth-order valence-electron chi connectivity index (χ4n) is 2.54. The van der Waals surface area contributed by atoms with E-state index in [2.05, 4.69) is 5.16 Å². The van der Waals surface area contributed by atoms with Gasteiger partial charge in [0, 0.05) is 27.8 Å². The van der Waals surface area contributed by atoms with Gasteiger partial charge in [-0.1, -0.05) is 29.7 Å². The lowest BCUT2D eigenvalue weighted by molar-refractivity contribution is 0.212. The molecule has 0 spiro atoms. The van der Waals surface area contributed by atoms with E-state index in [-0.39, 0.29) is 15.9 Å². The first kappa shape index (κ1) is 15.5. The Morgan fingerprint density at radius 2 is 2.05 bits per heavy atom. The van der Waals surface area contributed by atoms with Crippen LogP contribution < -0.4 is 0 Å². The van der Waals surface area contributed by atoms with Crippen LogP contribution in [0.25, 0.3) is 0 Å². The molecular weight excluding hydrogens is 326 g/mol. The normalized spacial score (nSPS) is 18.2. The largest absolute Gasteiger partial charge is 0.383 e. The number of sulfone groups is 1. The lowest BCUT2D eigenvalue weighted by atomic mass is 9.95. The van der Waals surface area contributed by atoms with E-state index in [0.29, 0.717) is 16.3 Å². The van der Waals surface area contributed by atoms with Crippen LogP contribution in [0.4, 0.5) is 0 Å². The molecule has 22 heavy (non-hydrogen) atoms. The minimum atomic E-state index is -3.52. The minimum Gasteiger partial charge on any atom is -0.383 e. The highest BCUT2D eigenvalue weighted by molar-refractivity contribution is 7.90. The van der Waals surface area contributed by atoms with Crippen molar-refractivity contribution in [3.8, 4) is 0 Å². The molecule has 1 unspecified atom stereocenters. The summed E-state index contributed by atoms with van der Waals surface area (Å²) in [6, 6.07) is 4.43. The maximum atomic E-state index is 12.0. The van der Waals surface area contributed by atoms with Gasteiger partial charge in [-0.05, 0) is 25.0 Å². The van der Waals surface area contributed by atoms with E-state index in [1.54, 1.807) is 6.07 Å². The summed E-state index contributed by atoms with van der Waals surface area (Å²) < 4.78 is 29.2. The molecule has 0 bridgehead atoms. The van der Waals surface area contributed by atoms with Crippen molar-refractivity contribution in [3.63, 3.8) is 0 Å². The molecule has 1 atom stereocenters. The molecular formula is C15H16ClNO4S. The summed E-state index contributed by atoms with van der Waals surface area (Å²) >= 11 is 5.89. The molecule has 1 saturated carbocycles. The number of aliphatic hydroxyl groups excluding tert-OH is 1. The zero-order valence-electron chi connectivity index (χ0n) is 12.2. The van der Waals surface area contributed by atoms with E-state index in [0.717, 1.165) is 19.1 Å². The van der Waals surface area contributed by atoms with Crippen molar-refractivity contribution < 1.29 is 18.0 Å². The number of hydrogen-bond acceptors (Lipinski definition) is 5. The first-order valence-electron chi connectivity index (χ1n) is 6.85. The number of rotatable bonds is 4. The third-order valence-electron chi connectivity index (χ3n) is 4.11. The Kier molecular flexibility index (Phi) is 3.58. The van der Waals surface area contributed by atoms with Crippen LogP contribution in [0.1, 0.15) is 42.8 Å². The van der Waals surface area contributed by atoms with Crippen molar-refractivity contribution >= 4 is 21.4 Å².